The Hall–Kier alpha value is -6.84. The molecule has 1 saturated carbocycles. The maximum atomic E-state index is 6.87. The molecule has 3 nitrogen and oxygen atoms in total. The van der Waals surface area contributed by atoms with E-state index in [9.17, 15) is 0 Å². The zero-order valence-corrected chi connectivity index (χ0v) is 34.1. The molecule has 10 aromatic rings. The van der Waals surface area contributed by atoms with Crippen LogP contribution in [0.1, 0.15) is 71.3 Å². The van der Waals surface area contributed by atoms with Crippen molar-refractivity contribution < 1.29 is 9.15 Å². The van der Waals surface area contributed by atoms with Crippen LogP contribution >= 0.6 is 0 Å². The largest absolute Gasteiger partial charge is 0.489 e. The third-order valence-corrected chi connectivity index (χ3v) is 14.5. The molecule has 3 heterocycles. The summed E-state index contributed by atoms with van der Waals surface area (Å²) in [5.41, 5.74) is 17.8. The summed E-state index contributed by atoms with van der Waals surface area (Å²) in [7, 11) is 0. The van der Waals surface area contributed by atoms with Gasteiger partial charge in [0.2, 0.25) is 0 Å². The number of benzene rings is 8. The highest BCUT2D eigenvalue weighted by Crippen LogP contribution is 2.53. The van der Waals surface area contributed by atoms with Gasteiger partial charge in [0.15, 0.2) is 0 Å². The number of hydrogen-bond acceptors (Lipinski definition) is 2. The van der Waals surface area contributed by atoms with Gasteiger partial charge in [-0.25, -0.2) is 0 Å². The molecular weight excluding hydrogens is 743 g/mol. The first-order valence-electron chi connectivity index (χ1n) is 22.2. The average Bonchev–Trinajstić information content (AvgIpc) is 3.96. The second-order valence-corrected chi connectivity index (χ2v) is 17.7. The third-order valence-electron chi connectivity index (χ3n) is 14.5. The molecule has 0 saturated heterocycles. The number of fused-ring (bicyclic) bond motifs is 13. The van der Waals surface area contributed by atoms with Crippen molar-refractivity contribution in [2.24, 2.45) is 0 Å². The Balaban J connectivity index is 1.02. The van der Waals surface area contributed by atoms with Crippen LogP contribution in [-0.2, 0) is 12.8 Å². The van der Waals surface area contributed by atoms with Crippen molar-refractivity contribution >= 4 is 43.7 Å². The van der Waals surface area contributed by atoms with E-state index in [0.29, 0.717) is 17.8 Å². The summed E-state index contributed by atoms with van der Waals surface area (Å²) in [6, 6.07) is 65.4. The van der Waals surface area contributed by atoms with Crippen LogP contribution in [0.2, 0.25) is 0 Å². The van der Waals surface area contributed by atoms with Crippen LogP contribution in [0.4, 0.5) is 0 Å². The number of hydrogen-bond donors (Lipinski definition) is 0. The SMILES string of the molecule is c1ccc(-c2ccccc2-n2c3ccccc3c3c4c(ccc32)C(Cc2ccc3c(c2)oc2ccccc23)CCc2ccc(C3CCCC5c6ccccc6OC35)cc2-4)cc1. The quantitative estimate of drug-likeness (QED) is 0.174. The summed E-state index contributed by atoms with van der Waals surface area (Å²) in [5, 5.41) is 5.01. The van der Waals surface area contributed by atoms with Crippen molar-refractivity contribution in [3.05, 3.63) is 204 Å². The van der Waals surface area contributed by atoms with Crippen LogP contribution < -0.4 is 4.74 Å². The predicted molar refractivity (Wildman–Crippen MR) is 250 cm³/mol. The highest BCUT2D eigenvalue weighted by atomic mass is 16.5. The normalized spacial score (nSPS) is 19.3. The van der Waals surface area contributed by atoms with Gasteiger partial charge in [-0.2, -0.15) is 0 Å². The predicted octanol–water partition coefficient (Wildman–Crippen LogP) is 15.1. The number of nitrogens with zero attached hydrogens (tertiary/aromatic N) is 1. The van der Waals surface area contributed by atoms with E-state index < -0.39 is 0 Å². The molecule has 4 unspecified atom stereocenters. The molecule has 0 radical (unpaired) electrons. The van der Waals surface area contributed by atoms with Crippen molar-refractivity contribution in [2.45, 2.75) is 62.4 Å². The fraction of sp³-hybridized carbons (Fsp3) is 0.172. The van der Waals surface area contributed by atoms with Gasteiger partial charge in [-0.3, -0.25) is 0 Å². The van der Waals surface area contributed by atoms with Crippen LogP contribution in [-0.4, -0.2) is 10.7 Å². The topological polar surface area (TPSA) is 27.3 Å². The lowest BCUT2D eigenvalue weighted by Crippen LogP contribution is -2.31. The van der Waals surface area contributed by atoms with E-state index in [4.69, 9.17) is 9.15 Å². The second-order valence-electron chi connectivity index (χ2n) is 17.7. The molecule has 3 aliphatic rings. The van der Waals surface area contributed by atoms with Gasteiger partial charge in [-0.1, -0.05) is 146 Å². The first-order valence-corrected chi connectivity index (χ1v) is 22.2. The monoisotopic (exact) mass is 787 g/mol. The van der Waals surface area contributed by atoms with Gasteiger partial charge in [-0.15, -0.1) is 0 Å². The fourth-order valence-corrected chi connectivity index (χ4v) is 11.7. The lowest BCUT2D eigenvalue weighted by molar-refractivity contribution is 0.138. The summed E-state index contributed by atoms with van der Waals surface area (Å²) in [6.07, 6.45) is 6.77. The molecule has 0 spiro atoms. The zero-order chi connectivity index (χ0) is 40.0. The van der Waals surface area contributed by atoms with Crippen molar-refractivity contribution in [1.82, 2.24) is 4.57 Å². The minimum absolute atomic E-state index is 0.169. The highest BCUT2D eigenvalue weighted by molar-refractivity contribution is 6.17. The highest BCUT2D eigenvalue weighted by Gasteiger charge is 2.43. The van der Waals surface area contributed by atoms with E-state index in [2.05, 4.69) is 180 Å². The first kappa shape index (κ1) is 35.0. The lowest BCUT2D eigenvalue weighted by atomic mass is 9.73. The number of aryl methyl sites for hydroxylation is 1. The molecule has 0 bridgehead atoms. The Morgan fingerprint density at radius 1 is 0.541 bits per heavy atom. The van der Waals surface area contributed by atoms with E-state index in [0.717, 1.165) is 42.6 Å². The Kier molecular flexibility index (Phi) is 7.94. The maximum Gasteiger partial charge on any atom is 0.135 e. The second kappa shape index (κ2) is 13.9. The molecule has 1 fully saturated rings. The Morgan fingerprint density at radius 3 is 2.28 bits per heavy atom. The molecule has 61 heavy (non-hydrogen) atoms. The average molecular weight is 788 g/mol. The van der Waals surface area contributed by atoms with Crippen LogP contribution in [0.3, 0.4) is 0 Å². The first-order chi connectivity index (χ1) is 30.2. The van der Waals surface area contributed by atoms with Crippen molar-refractivity contribution in [1.29, 1.82) is 0 Å². The fourth-order valence-electron chi connectivity index (χ4n) is 11.7. The summed E-state index contributed by atoms with van der Waals surface area (Å²) < 4.78 is 15.8. The van der Waals surface area contributed by atoms with Gasteiger partial charge in [0.1, 0.15) is 23.0 Å². The summed E-state index contributed by atoms with van der Waals surface area (Å²) in [6.45, 7) is 0. The Morgan fingerprint density at radius 2 is 1.33 bits per heavy atom. The molecule has 4 atom stereocenters. The van der Waals surface area contributed by atoms with Crippen molar-refractivity contribution in [3.8, 4) is 33.7 Å². The van der Waals surface area contributed by atoms with Crippen LogP contribution in [0.25, 0.3) is 71.7 Å². The third kappa shape index (κ3) is 5.49. The van der Waals surface area contributed by atoms with E-state index in [1.165, 1.54) is 101 Å². The van der Waals surface area contributed by atoms with Gasteiger partial charge < -0.3 is 13.7 Å². The van der Waals surface area contributed by atoms with E-state index in [1.807, 2.05) is 0 Å². The molecule has 2 aromatic heterocycles. The van der Waals surface area contributed by atoms with Crippen molar-refractivity contribution in [2.75, 3.05) is 0 Å². The van der Waals surface area contributed by atoms with Crippen LogP contribution in [0, 0.1) is 0 Å². The van der Waals surface area contributed by atoms with Gasteiger partial charge in [0.25, 0.3) is 0 Å². The lowest BCUT2D eigenvalue weighted by Gasteiger charge is -2.33. The minimum atomic E-state index is 0.169. The smallest absolute Gasteiger partial charge is 0.135 e. The van der Waals surface area contributed by atoms with Crippen LogP contribution in [0.5, 0.6) is 5.75 Å². The van der Waals surface area contributed by atoms with Crippen molar-refractivity contribution in [3.63, 3.8) is 0 Å². The summed E-state index contributed by atoms with van der Waals surface area (Å²) in [4.78, 5) is 0. The van der Waals surface area contributed by atoms with Gasteiger partial charge in [0, 0.05) is 44.5 Å². The minimum Gasteiger partial charge on any atom is -0.489 e. The molecule has 3 heteroatoms. The summed E-state index contributed by atoms with van der Waals surface area (Å²) in [5.74, 6) is 2.19. The number of para-hydroxylation sites is 4. The number of ether oxygens (including phenoxy) is 1. The molecule has 13 rings (SSSR count). The molecular formula is C58H45NO2. The number of rotatable bonds is 5. The van der Waals surface area contributed by atoms with E-state index >= 15 is 0 Å². The molecule has 294 valence electrons. The number of furan rings is 1. The van der Waals surface area contributed by atoms with Gasteiger partial charge >= 0.3 is 0 Å². The molecule has 0 N–H and O–H groups in total. The van der Waals surface area contributed by atoms with E-state index in [-0.39, 0.29) is 6.10 Å². The molecule has 8 aromatic carbocycles. The van der Waals surface area contributed by atoms with Crippen LogP contribution in [0.15, 0.2) is 180 Å². The Labute approximate surface area is 355 Å². The zero-order valence-electron chi connectivity index (χ0n) is 34.1. The maximum absolute atomic E-state index is 6.87. The standard InChI is InChI=1S/C58H45NO2/c1-2-13-37(14-3-1)41-15-4-8-21-50(41)59-51-22-9-5-18-48(51)57-52(59)32-31-42-39(33-36-25-30-46-44-16-6-10-23-53(44)60-55(46)34-36)28-26-38-27-29-40(35-49(38)56(42)57)43-19-12-20-47-45-17-7-11-24-54(45)61-58(43)47/h1-11,13-18,21-25,27,29-32,34-35,39,43,47,58H,12,19-20,26,28,33H2. The summed E-state index contributed by atoms with van der Waals surface area (Å²) >= 11 is 0. The molecule has 0 amide bonds. The molecule has 1 aliphatic heterocycles. The van der Waals surface area contributed by atoms with E-state index in [1.54, 1.807) is 0 Å². The molecule has 2 aliphatic carbocycles. The number of aromatic nitrogens is 1. The van der Waals surface area contributed by atoms with Gasteiger partial charge in [0.05, 0.1) is 16.7 Å². The van der Waals surface area contributed by atoms with Gasteiger partial charge in [-0.05, 0) is 113 Å². The Bertz CT molecular complexity index is 3330.